The van der Waals surface area contributed by atoms with Gasteiger partial charge in [-0.05, 0) is 237 Å². The number of carbonyl (C=O) groups is 8. The monoisotopic (exact) mass is 2070 g/mol. The first-order chi connectivity index (χ1) is 71.3. The van der Waals surface area contributed by atoms with Crippen molar-refractivity contribution in [1.82, 2.24) is 75.9 Å². The highest BCUT2D eigenvalue weighted by molar-refractivity contribution is 7.11. The lowest BCUT2D eigenvalue weighted by molar-refractivity contribution is -0.140. The third-order valence-electron chi connectivity index (χ3n) is 31.7. The highest BCUT2D eigenvalue weighted by Gasteiger charge is 2.47. The van der Waals surface area contributed by atoms with Gasteiger partial charge >= 0.3 is 0 Å². The van der Waals surface area contributed by atoms with E-state index in [2.05, 4.69) is 103 Å². The van der Waals surface area contributed by atoms with E-state index >= 15 is 0 Å². The SMILES string of the molecule is CC[C@@H](C)C(=O)N[C@H](C(=O)N1CCC[C@H]1c1nc(-c2cc(C)nc3ccc(F)cc23)cs1)C1CCCCC1.CC[C@@H](C)C(=O)N[C@H](C(=O)N1CCC[C@H]1c1nc(-c2ccnc3cc(C)ccc23)cs1)C1CCCCC1.CC[C@@H](C)C(=O)N[C@H](C(=O)N1CCC[C@H]1c1nc(-c2noc3c(C)cccc23)cs1)C1CCOCC1.CC[C@H](N)C(=O)N[C@H](C(=O)N1CCC[C@H]1c1nc(-c2cccc3ccccc23)cs1)C1CCOCC1. The highest BCUT2D eigenvalue weighted by atomic mass is 32.1. The number of aromatic nitrogens is 7. The first-order valence-electron chi connectivity index (χ1n) is 53.8. The van der Waals surface area contributed by atoms with E-state index in [0.29, 0.717) is 52.5 Å². The molecule has 12 aromatic rings. The lowest BCUT2D eigenvalue weighted by Crippen LogP contribution is -2.56. The second kappa shape index (κ2) is 49.9. The fourth-order valence-electron chi connectivity index (χ4n) is 22.3. The lowest BCUT2D eigenvalue weighted by Gasteiger charge is -2.35. The Morgan fingerprint density at radius 2 is 0.816 bits per heavy atom. The molecule has 12 atom stereocenters. The van der Waals surface area contributed by atoms with Crippen LogP contribution in [0.4, 0.5) is 4.39 Å². The molecule has 6 saturated heterocycles. The molecule has 6 N–H and O–H groups in total. The first-order valence-corrected chi connectivity index (χ1v) is 57.3. The standard InChI is InChI=1S/C30H37FN4O2S.C30H38N4O2S.C28H34N4O3S.C27H34N4O4S/c1-4-18(2)28(36)34-27(20-9-6-5-7-10-20)30(37)35-14-8-11-26(35)29-33-25(17-38-29)22-15-19(3)32-24-13-12-21(31)16-23(22)24;1-4-20(3)28(35)33-27(21-9-6-5-7-10-21)30(36)34-16-8-11-26(34)29-32-25(18-37-29)23-14-15-31-24-17-19(2)12-13-22(23)24;1-2-22(29)26(33)31-25(19-12-15-35-16-13-19)28(34)32-14-6-11-24(32)27-30-23(17-36-27)21-10-5-8-18-7-3-4-9-20(18)21;1-4-16(2)25(32)29-22(18-10-13-34-14-11-18)27(33)31-12-6-9-21(31)26-28-20(15-36-26)23-19-8-5-7-17(3)24(19)35-30-23/h12-13,15-18,20,26-27H,4-11,14H2,1-3H3,(H,34,36);12-15,17-18,20-21,26-27H,4-11,16H2,1-3H3,(H,33,35);3-5,7-10,17,19,22,24-25H,2,6,11-16,29H2,1H3,(H,31,33);5,7-8,15-16,18,21-22H,4,6,9-14H2,1-3H3,(H,29,32)/t18-,26+,27+;20-,26+,27+;22-,24-,25-;16-,21+,22+/m1101/s1. The molecule has 5 aromatic carbocycles. The topological polar surface area (TPSA) is 345 Å². The molecule has 8 fully saturated rings. The van der Waals surface area contributed by atoms with Gasteiger partial charge in [0, 0.05) is 131 Å². The smallest absolute Gasteiger partial charge is 0.246 e. The van der Waals surface area contributed by atoms with Gasteiger partial charge in [0.2, 0.25) is 47.3 Å². The third-order valence-corrected chi connectivity index (χ3v) is 35.4. The molecule has 780 valence electrons. The quantitative estimate of drug-likeness (QED) is 0.0304. The summed E-state index contributed by atoms with van der Waals surface area (Å²) in [6.07, 6.45) is 25.7. The van der Waals surface area contributed by atoms with Gasteiger partial charge in [0.05, 0.1) is 63.7 Å². The van der Waals surface area contributed by atoms with Crippen molar-refractivity contribution in [3.05, 3.63) is 180 Å². The number of thiazole rings is 4. The maximum absolute atomic E-state index is 14.1. The minimum absolute atomic E-state index is 0.000291. The van der Waals surface area contributed by atoms with Crippen molar-refractivity contribution < 1.29 is 56.7 Å². The number of pyridine rings is 2. The van der Waals surface area contributed by atoms with Crippen molar-refractivity contribution in [2.75, 3.05) is 52.6 Å². The van der Waals surface area contributed by atoms with E-state index in [0.717, 1.165) is 263 Å². The predicted octanol–water partition coefficient (Wildman–Crippen LogP) is 22.2. The van der Waals surface area contributed by atoms with Crippen molar-refractivity contribution in [3.8, 4) is 45.2 Å². The van der Waals surface area contributed by atoms with E-state index in [4.69, 9.17) is 39.7 Å². The summed E-state index contributed by atoms with van der Waals surface area (Å²) in [6.45, 7) is 24.8. The zero-order valence-corrected chi connectivity index (χ0v) is 89.8. The molecule has 0 radical (unpaired) electrons. The maximum atomic E-state index is 14.1. The van der Waals surface area contributed by atoms with Crippen LogP contribution in [0.2, 0.25) is 0 Å². The molecule has 0 bridgehead atoms. The van der Waals surface area contributed by atoms with Gasteiger partial charge in [0.25, 0.3) is 0 Å². The molecule has 32 heteroatoms. The van der Waals surface area contributed by atoms with Crippen molar-refractivity contribution in [1.29, 1.82) is 0 Å². The van der Waals surface area contributed by atoms with Gasteiger partial charge < -0.3 is 60.6 Å². The highest BCUT2D eigenvalue weighted by Crippen LogP contribution is 2.46. The Bertz CT molecular complexity index is 6590. The predicted molar refractivity (Wildman–Crippen MR) is 579 cm³/mol. The summed E-state index contributed by atoms with van der Waals surface area (Å²) in [6, 6.07) is 32.6. The number of para-hydroxylation sites is 1. The Labute approximate surface area is 877 Å². The average molecular weight is 2070 g/mol. The van der Waals surface area contributed by atoms with Crippen molar-refractivity contribution in [2.45, 2.75) is 291 Å². The summed E-state index contributed by atoms with van der Waals surface area (Å²) < 4.78 is 30.7. The molecule has 8 amide bonds. The van der Waals surface area contributed by atoms with Crippen LogP contribution in [-0.4, -0.2) is 185 Å². The summed E-state index contributed by atoms with van der Waals surface area (Å²) >= 11 is 6.34. The number of nitrogens with one attached hydrogen (secondary N) is 4. The fraction of sp³-hybridized carbons (Fsp3) is 0.522. The van der Waals surface area contributed by atoms with Crippen LogP contribution in [0, 0.1) is 68.0 Å². The molecular weight excluding hydrogens is 1930 g/mol. The Morgan fingerprint density at radius 3 is 1.29 bits per heavy atom. The second-order valence-electron chi connectivity index (χ2n) is 41.5. The molecule has 13 heterocycles. The number of benzene rings is 5. The number of nitrogens with zero attached hydrogens (tertiary/aromatic N) is 11. The number of aryl methyl sites for hydroxylation is 3. The molecular formula is C115H143FN16O11S4. The number of ether oxygens (including phenoxy) is 2. The van der Waals surface area contributed by atoms with Gasteiger partial charge in [0.15, 0.2) is 5.58 Å². The van der Waals surface area contributed by atoms with Crippen LogP contribution in [0.1, 0.15) is 276 Å². The number of likely N-dealkylation sites (tertiary alicyclic amines) is 4. The third kappa shape index (κ3) is 24.9. The first kappa shape index (κ1) is 107. The maximum Gasteiger partial charge on any atom is 0.246 e. The van der Waals surface area contributed by atoms with Crippen LogP contribution in [0.3, 0.4) is 0 Å². The molecule has 0 spiro atoms. The minimum atomic E-state index is -0.614. The number of halogens is 1. The molecule has 20 rings (SSSR count). The van der Waals surface area contributed by atoms with Crippen molar-refractivity contribution in [3.63, 3.8) is 0 Å². The molecule has 7 aromatic heterocycles. The number of hydrogen-bond acceptors (Lipinski definition) is 23. The van der Waals surface area contributed by atoms with Crippen LogP contribution < -0.4 is 27.0 Å². The fourth-order valence-corrected chi connectivity index (χ4v) is 26.2. The Morgan fingerprint density at radius 1 is 0.401 bits per heavy atom. The second-order valence-corrected chi connectivity index (χ2v) is 45.0. The van der Waals surface area contributed by atoms with Gasteiger partial charge in [-0.2, -0.15) is 0 Å². The van der Waals surface area contributed by atoms with Crippen LogP contribution in [0.25, 0.3) is 88.7 Å². The number of fused-ring (bicyclic) bond motifs is 4. The molecule has 147 heavy (non-hydrogen) atoms. The van der Waals surface area contributed by atoms with Crippen LogP contribution in [-0.2, 0) is 47.8 Å². The van der Waals surface area contributed by atoms with E-state index in [1.165, 1.54) is 41.3 Å². The summed E-state index contributed by atoms with van der Waals surface area (Å²) in [5.74, 6) is -0.383. The van der Waals surface area contributed by atoms with Gasteiger partial charge in [-0.1, -0.05) is 159 Å². The minimum Gasteiger partial charge on any atom is -0.381 e. The summed E-state index contributed by atoms with van der Waals surface area (Å²) in [7, 11) is 0. The van der Waals surface area contributed by atoms with Crippen molar-refractivity contribution >= 4 is 136 Å². The van der Waals surface area contributed by atoms with Gasteiger partial charge in [0.1, 0.15) is 61.4 Å². The lowest BCUT2D eigenvalue weighted by atomic mass is 9.83. The largest absolute Gasteiger partial charge is 0.381 e. The molecule has 27 nitrogen and oxygen atoms in total. The zero-order valence-electron chi connectivity index (χ0n) is 86.6. The molecule has 0 unspecified atom stereocenters. The zero-order chi connectivity index (χ0) is 103. The Balaban J connectivity index is 0.000000134. The van der Waals surface area contributed by atoms with Gasteiger partial charge in [-0.25, -0.2) is 24.3 Å². The van der Waals surface area contributed by atoms with Crippen LogP contribution >= 0.6 is 45.3 Å². The number of hydrogen-bond donors (Lipinski definition) is 5. The van der Waals surface area contributed by atoms with E-state index in [1.807, 2.05) is 141 Å². The van der Waals surface area contributed by atoms with E-state index in [1.54, 1.807) is 51.4 Å². The normalized spacial score (nSPS) is 20.3. The molecule has 8 aliphatic rings. The number of amides is 8. The molecule has 2 saturated carbocycles. The molecule has 6 aliphatic heterocycles. The number of rotatable bonds is 28. The summed E-state index contributed by atoms with van der Waals surface area (Å²) in [4.78, 5) is 144. The summed E-state index contributed by atoms with van der Waals surface area (Å²) in [5.41, 5.74) is 18.7. The number of nitrogens with two attached hydrogens (primary N) is 1. The summed E-state index contributed by atoms with van der Waals surface area (Å²) in [5, 5.41) is 33.8. The number of carbonyl (C=O) groups excluding carboxylic acids is 8. The van der Waals surface area contributed by atoms with Crippen molar-refractivity contribution in [2.24, 2.45) is 47.2 Å². The van der Waals surface area contributed by atoms with E-state index in [9.17, 15) is 42.7 Å². The van der Waals surface area contributed by atoms with E-state index < -0.39 is 30.2 Å². The van der Waals surface area contributed by atoms with Crippen LogP contribution in [0.5, 0.6) is 0 Å². The Kier molecular flexibility index (Phi) is 36.3. The van der Waals surface area contributed by atoms with Crippen LogP contribution in [0.15, 0.2) is 141 Å². The Hall–Kier alpha value is -11.3. The van der Waals surface area contributed by atoms with E-state index in [-0.39, 0.29) is 119 Å². The van der Waals surface area contributed by atoms with Gasteiger partial charge in [-0.15, -0.1) is 45.3 Å². The van der Waals surface area contributed by atoms with Gasteiger partial charge in [-0.3, -0.25) is 48.3 Å². The average Bonchev–Trinajstić information content (AvgIpc) is 1.68. The molecule has 2 aliphatic carbocycles.